The van der Waals surface area contributed by atoms with E-state index in [1.54, 1.807) is 0 Å². The number of anilines is 1. The van der Waals surface area contributed by atoms with E-state index in [1.165, 1.54) is 30.4 Å². The quantitative estimate of drug-likeness (QED) is 0.313. The zero-order chi connectivity index (χ0) is 24.3. The highest BCUT2D eigenvalue weighted by molar-refractivity contribution is 6.50. The van der Waals surface area contributed by atoms with Gasteiger partial charge in [-0.2, -0.15) is 0 Å². The second-order valence-electron chi connectivity index (χ2n) is 11.4. The molecular formula is C30H39BNO2. The summed E-state index contributed by atoms with van der Waals surface area (Å²) >= 11 is 0. The topological polar surface area (TPSA) is 52.3 Å². The van der Waals surface area contributed by atoms with Crippen LogP contribution in [0.25, 0.3) is 0 Å². The molecule has 34 heavy (non-hydrogen) atoms. The third-order valence-electron chi connectivity index (χ3n) is 9.80. The van der Waals surface area contributed by atoms with Crippen LogP contribution in [0, 0.1) is 35.0 Å². The molecule has 7 unspecified atom stereocenters. The van der Waals surface area contributed by atoms with Gasteiger partial charge in [-0.1, -0.05) is 58.2 Å². The van der Waals surface area contributed by atoms with Gasteiger partial charge in [-0.15, -0.1) is 0 Å². The Morgan fingerprint density at radius 3 is 2.74 bits per heavy atom. The maximum absolute atomic E-state index is 12.0. The Labute approximate surface area is 206 Å². The Morgan fingerprint density at radius 1 is 1.26 bits per heavy atom. The van der Waals surface area contributed by atoms with Gasteiger partial charge in [0.15, 0.2) is 5.78 Å². The Balaban J connectivity index is 0.00000117. The fourth-order valence-corrected chi connectivity index (χ4v) is 8.90. The van der Waals surface area contributed by atoms with Gasteiger partial charge in [-0.25, -0.2) is 0 Å². The number of carbonyl (C=O) groups excluding carboxylic acids is 1. The van der Waals surface area contributed by atoms with Gasteiger partial charge < -0.3 is 10.5 Å². The van der Waals surface area contributed by atoms with E-state index in [1.807, 2.05) is 50.3 Å². The van der Waals surface area contributed by atoms with Gasteiger partial charge in [0.2, 0.25) is 0 Å². The van der Waals surface area contributed by atoms with Gasteiger partial charge in [-0.3, -0.25) is 4.79 Å². The van der Waals surface area contributed by atoms with Gasteiger partial charge in [0, 0.05) is 5.69 Å². The monoisotopic (exact) mass is 456 g/mol. The molecular weight excluding hydrogens is 417 g/mol. The molecule has 2 N–H and O–H groups in total. The summed E-state index contributed by atoms with van der Waals surface area (Å²) in [4.78, 5) is 12.0. The van der Waals surface area contributed by atoms with Crippen LogP contribution in [0.2, 0.25) is 11.1 Å². The van der Waals surface area contributed by atoms with Crippen LogP contribution in [-0.4, -0.2) is 19.7 Å². The predicted molar refractivity (Wildman–Crippen MR) is 141 cm³/mol. The first-order valence-electron chi connectivity index (χ1n) is 13.3. The standard InChI is InChI=1S/C28H33BNO2.C2H6/c1-16-12-23-22-9-4-18-13-20(31)10-11-28(18)26(22)24(29-28)14-27(23,3)25(16)17(2)15-32-21-7-5-19(30)6-8-21;1-2/h5-8,10-11,13,16,22-26H,2,4,9,12,14-15,30H2,1,3H3;1-2H3/t16-,22?,23?,24?,25?,26?,27?,28?;/m1./s1. The first kappa shape index (κ1) is 23.5. The van der Waals surface area contributed by atoms with Crippen molar-refractivity contribution in [1.82, 2.24) is 0 Å². The Kier molecular flexibility index (Phi) is 5.85. The molecule has 0 amide bonds. The van der Waals surface area contributed by atoms with Crippen LogP contribution in [0.3, 0.4) is 0 Å². The molecule has 8 atom stereocenters. The number of nitrogens with two attached hydrogens (primary N) is 1. The molecule has 1 aromatic rings. The number of nitrogen functional groups attached to an aromatic ring is 1. The Bertz CT molecular complexity index is 1040. The molecule has 1 spiro atoms. The second-order valence-corrected chi connectivity index (χ2v) is 11.4. The summed E-state index contributed by atoms with van der Waals surface area (Å²) in [7, 11) is 2.59. The number of fused-ring (bicyclic) bond motifs is 2. The van der Waals surface area contributed by atoms with E-state index in [4.69, 9.17) is 10.5 Å². The SMILES string of the molecule is C=C(COc1ccc(N)cc1)C1[C@H](C)CC2C3CCC4=CC(=O)C=CC45[B]C(CC21C)C35.CC. The number of ether oxygens (including phenoxy) is 1. The second kappa shape index (κ2) is 8.46. The summed E-state index contributed by atoms with van der Waals surface area (Å²) in [5.74, 6) is 4.97. The molecule has 4 fully saturated rings. The summed E-state index contributed by atoms with van der Waals surface area (Å²) in [6.07, 6.45) is 10.8. The van der Waals surface area contributed by atoms with Crippen LogP contribution in [0.15, 0.2) is 60.2 Å². The number of hydrogen-bond donors (Lipinski definition) is 1. The summed E-state index contributed by atoms with van der Waals surface area (Å²) in [6, 6.07) is 7.65. The molecule has 4 heteroatoms. The molecule has 6 rings (SSSR count). The first-order chi connectivity index (χ1) is 16.3. The predicted octanol–water partition coefficient (Wildman–Crippen LogP) is 6.67. The van der Waals surface area contributed by atoms with Crippen molar-refractivity contribution in [2.24, 2.45) is 35.0 Å². The van der Waals surface area contributed by atoms with E-state index >= 15 is 0 Å². The van der Waals surface area contributed by atoms with Crippen LogP contribution >= 0.6 is 0 Å². The van der Waals surface area contributed by atoms with E-state index in [2.05, 4.69) is 33.8 Å². The molecule has 0 aromatic heterocycles. The third kappa shape index (κ3) is 3.35. The molecule has 179 valence electrons. The molecule has 1 aromatic carbocycles. The minimum Gasteiger partial charge on any atom is -0.489 e. The third-order valence-corrected chi connectivity index (χ3v) is 9.80. The average molecular weight is 456 g/mol. The molecule has 3 nitrogen and oxygen atoms in total. The van der Waals surface area contributed by atoms with Crippen LogP contribution in [0.5, 0.6) is 5.75 Å². The number of allylic oxidation sites excluding steroid dienone is 4. The van der Waals surface area contributed by atoms with Crippen LogP contribution < -0.4 is 10.5 Å². The minimum absolute atomic E-state index is 0.0828. The molecule has 1 saturated heterocycles. The van der Waals surface area contributed by atoms with E-state index in [0.717, 1.165) is 29.7 Å². The zero-order valence-corrected chi connectivity index (χ0v) is 21.2. The smallest absolute Gasteiger partial charge is 0.178 e. The normalized spacial score (nSPS) is 40.8. The van der Waals surface area contributed by atoms with E-state index in [-0.39, 0.29) is 16.5 Å². The van der Waals surface area contributed by atoms with Gasteiger partial charge in [0.1, 0.15) is 19.6 Å². The number of carbonyl (C=O) groups is 1. The van der Waals surface area contributed by atoms with Gasteiger partial charge in [0.25, 0.3) is 0 Å². The lowest BCUT2D eigenvalue weighted by molar-refractivity contribution is -0.110. The number of hydrogen-bond acceptors (Lipinski definition) is 3. The summed E-state index contributed by atoms with van der Waals surface area (Å²) in [5.41, 5.74) is 9.47. The molecule has 1 heterocycles. The van der Waals surface area contributed by atoms with E-state index < -0.39 is 0 Å². The lowest BCUT2D eigenvalue weighted by Gasteiger charge is -2.68. The Morgan fingerprint density at radius 2 is 2.00 bits per heavy atom. The van der Waals surface area contributed by atoms with E-state index in [9.17, 15) is 4.79 Å². The molecule has 1 aliphatic heterocycles. The molecule has 4 aliphatic carbocycles. The van der Waals surface area contributed by atoms with Crippen molar-refractivity contribution in [2.75, 3.05) is 12.3 Å². The van der Waals surface area contributed by atoms with Crippen LogP contribution in [0.1, 0.15) is 53.4 Å². The summed E-state index contributed by atoms with van der Waals surface area (Å²) in [6.45, 7) is 14.1. The first-order valence-corrected chi connectivity index (χ1v) is 13.3. The highest BCUT2D eigenvalue weighted by Gasteiger charge is 2.69. The minimum atomic E-state index is 0.0828. The van der Waals surface area contributed by atoms with Crippen molar-refractivity contribution in [2.45, 2.75) is 64.5 Å². The van der Waals surface area contributed by atoms with Crippen molar-refractivity contribution < 1.29 is 9.53 Å². The highest BCUT2D eigenvalue weighted by Crippen LogP contribution is 2.78. The van der Waals surface area contributed by atoms with Crippen molar-refractivity contribution >= 4 is 18.8 Å². The lowest BCUT2D eigenvalue weighted by Crippen LogP contribution is -2.60. The highest BCUT2D eigenvalue weighted by atomic mass is 16.5. The largest absolute Gasteiger partial charge is 0.489 e. The van der Waals surface area contributed by atoms with Gasteiger partial charge in [0.05, 0.1) is 0 Å². The van der Waals surface area contributed by atoms with Crippen LogP contribution in [0.4, 0.5) is 5.69 Å². The maximum Gasteiger partial charge on any atom is 0.178 e. The van der Waals surface area contributed by atoms with Crippen molar-refractivity contribution in [3.8, 4) is 5.75 Å². The number of rotatable bonds is 4. The average Bonchev–Trinajstić information content (AvgIpc) is 3.08. The number of benzene rings is 1. The fraction of sp³-hybridized carbons (Fsp3) is 0.567. The lowest BCUT2D eigenvalue weighted by atomic mass is 9.18. The molecule has 5 aliphatic rings. The number of ketones is 1. The van der Waals surface area contributed by atoms with Crippen molar-refractivity contribution in [1.29, 1.82) is 0 Å². The zero-order valence-electron chi connectivity index (χ0n) is 21.2. The summed E-state index contributed by atoms with van der Waals surface area (Å²) < 4.78 is 6.12. The van der Waals surface area contributed by atoms with Crippen molar-refractivity contribution in [3.63, 3.8) is 0 Å². The van der Waals surface area contributed by atoms with Crippen molar-refractivity contribution in [3.05, 3.63) is 60.2 Å². The van der Waals surface area contributed by atoms with Gasteiger partial charge in [-0.05, 0) is 102 Å². The van der Waals surface area contributed by atoms with E-state index in [0.29, 0.717) is 30.2 Å². The van der Waals surface area contributed by atoms with Gasteiger partial charge >= 0.3 is 0 Å². The maximum atomic E-state index is 12.0. The fourth-order valence-electron chi connectivity index (χ4n) is 8.90. The molecule has 3 saturated carbocycles. The van der Waals surface area contributed by atoms with Crippen LogP contribution in [-0.2, 0) is 4.79 Å². The molecule has 0 bridgehead atoms. The Hall–Kier alpha value is -2.23. The summed E-state index contributed by atoms with van der Waals surface area (Å²) in [5, 5.41) is 0.0828. The molecule has 1 radical (unpaired) electrons.